The Hall–Kier alpha value is -1.37. The van der Waals surface area contributed by atoms with E-state index in [9.17, 15) is 0 Å². The van der Waals surface area contributed by atoms with E-state index in [0.717, 1.165) is 12.4 Å². The van der Waals surface area contributed by atoms with Gasteiger partial charge in [0.25, 0.3) is 0 Å². The number of nitrogens with zero attached hydrogens (tertiary/aromatic N) is 4. The maximum Gasteiger partial charge on any atom is 0.146 e. The third kappa shape index (κ3) is 1.30. The third-order valence-corrected chi connectivity index (χ3v) is 1.75. The summed E-state index contributed by atoms with van der Waals surface area (Å²) in [4.78, 5) is 4.06. The number of rotatable bonds is 2. The highest BCUT2D eigenvalue weighted by Gasteiger charge is 2.25. The molecule has 0 aliphatic rings. The molecule has 0 aliphatic heterocycles. The van der Waals surface area contributed by atoms with E-state index in [1.54, 1.807) is 4.68 Å². The summed E-state index contributed by atoms with van der Waals surface area (Å²) in [7, 11) is 0. The Bertz CT molecular complexity index is 305. The Morgan fingerprint density at radius 1 is 1.67 bits per heavy atom. The van der Waals surface area contributed by atoms with Gasteiger partial charge in [0.15, 0.2) is 0 Å². The van der Waals surface area contributed by atoms with Gasteiger partial charge in [0.2, 0.25) is 0 Å². The molecule has 0 N–H and O–H groups in total. The molecular formula is C8H12N4. The van der Waals surface area contributed by atoms with Crippen molar-refractivity contribution in [3.63, 3.8) is 0 Å². The van der Waals surface area contributed by atoms with Crippen LogP contribution < -0.4 is 0 Å². The first-order valence-electron chi connectivity index (χ1n) is 3.91. The van der Waals surface area contributed by atoms with E-state index in [2.05, 4.69) is 16.2 Å². The normalized spacial score (nSPS) is 11.2. The van der Waals surface area contributed by atoms with Gasteiger partial charge in [0.1, 0.15) is 17.6 Å². The van der Waals surface area contributed by atoms with Gasteiger partial charge >= 0.3 is 0 Å². The van der Waals surface area contributed by atoms with Crippen LogP contribution in [0.4, 0.5) is 0 Å². The fourth-order valence-corrected chi connectivity index (χ4v) is 1.03. The zero-order chi connectivity index (χ0) is 9.19. The lowest BCUT2D eigenvalue weighted by Crippen LogP contribution is -2.21. The number of aromatic nitrogens is 3. The number of hydrogen-bond acceptors (Lipinski definition) is 3. The van der Waals surface area contributed by atoms with E-state index >= 15 is 0 Å². The molecule has 12 heavy (non-hydrogen) atoms. The Balaban J connectivity index is 3.11. The molecule has 4 heteroatoms. The van der Waals surface area contributed by atoms with Crippen LogP contribution in [0.25, 0.3) is 0 Å². The molecule has 1 rings (SSSR count). The summed E-state index contributed by atoms with van der Waals surface area (Å²) >= 11 is 0. The average Bonchev–Trinajstić information content (AvgIpc) is 2.52. The van der Waals surface area contributed by atoms with Crippen LogP contribution in [0, 0.1) is 11.3 Å². The smallest absolute Gasteiger partial charge is 0.146 e. The molecule has 1 aromatic heterocycles. The van der Waals surface area contributed by atoms with Gasteiger partial charge in [-0.15, -0.1) is 0 Å². The van der Waals surface area contributed by atoms with Crippen molar-refractivity contribution >= 4 is 0 Å². The zero-order valence-electron chi connectivity index (χ0n) is 7.57. The molecular weight excluding hydrogens is 152 g/mol. The van der Waals surface area contributed by atoms with Gasteiger partial charge in [-0.1, -0.05) is 0 Å². The van der Waals surface area contributed by atoms with Crippen LogP contribution in [0.2, 0.25) is 0 Å². The molecule has 0 saturated carbocycles. The molecule has 64 valence electrons. The molecule has 1 heterocycles. The standard InChI is InChI=1S/C8H12N4/c1-4-12-7(10-6-11-12)8(2,3)5-9/h6H,4H2,1-3H3. The Kier molecular flexibility index (Phi) is 2.13. The molecule has 4 nitrogen and oxygen atoms in total. The summed E-state index contributed by atoms with van der Waals surface area (Å²) in [5, 5.41) is 12.9. The topological polar surface area (TPSA) is 54.5 Å². The van der Waals surface area contributed by atoms with Crippen molar-refractivity contribution < 1.29 is 0 Å². The van der Waals surface area contributed by atoms with E-state index in [-0.39, 0.29) is 0 Å². The number of hydrogen-bond donors (Lipinski definition) is 0. The molecule has 0 radical (unpaired) electrons. The van der Waals surface area contributed by atoms with Gasteiger partial charge in [-0.05, 0) is 20.8 Å². The summed E-state index contributed by atoms with van der Waals surface area (Å²) in [6.07, 6.45) is 1.48. The van der Waals surface area contributed by atoms with Crippen LogP contribution in [0.1, 0.15) is 26.6 Å². The zero-order valence-corrected chi connectivity index (χ0v) is 7.57. The molecule has 1 aromatic rings. The Labute approximate surface area is 71.8 Å². The number of aryl methyl sites for hydroxylation is 1. The fraction of sp³-hybridized carbons (Fsp3) is 0.625. The first kappa shape index (κ1) is 8.72. The van der Waals surface area contributed by atoms with Crippen molar-refractivity contribution in [2.45, 2.75) is 32.7 Å². The van der Waals surface area contributed by atoms with Crippen molar-refractivity contribution in [3.05, 3.63) is 12.2 Å². The minimum Gasteiger partial charge on any atom is -0.249 e. The second-order valence-corrected chi connectivity index (χ2v) is 3.14. The van der Waals surface area contributed by atoms with Crippen molar-refractivity contribution in [3.8, 4) is 6.07 Å². The molecule has 0 spiro atoms. The van der Waals surface area contributed by atoms with Crippen LogP contribution in [0.15, 0.2) is 6.33 Å². The molecule has 0 fully saturated rings. The van der Waals surface area contributed by atoms with Gasteiger partial charge < -0.3 is 0 Å². The maximum absolute atomic E-state index is 8.85. The fourth-order valence-electron chi connectivity index (χ4n) is 1.03. The van der Waals surface area contributed by atoms with E-state index < -0.39 is 5.41 Å². The molecule has 0 amide bonds. The van der Waals surface area contributed by atoms with Crippen LogP contribution in [0.3, 0.4) is 0 Å². The van der Waals surface area contributed by atoms with E-state index in [1.165, 1.54) is 6.33 Å². The summed E-state index contributed by atoms with van der Waals surface area (Å²) in [6, 6.07) is 2.20. The predicted octanol–water partition coefficient (Wildman–Crippen LogP) is 1.10. The SMILES string of the molecule is CCn1ncnc1C(C)(C)C#N. The van der Waals surface area contributed by atoms with Gasteiger partial charge in [0, 0.05) is 6.54 Å². The second-order valence-electron chi connectivity index (χ2n) is 3.14. The van der Waals surface area contributed by atoms with Crippen LogP contribution >= 0.6 is 0 Å². The van der Waals surface area contributed by atoms with Gasteiger partial charge in [-0.2, -0.15) is 10.4 Å². The second kappa shape index (κ2) is 2.94. The van der Waals surface area contributed by atoms with Gasteiger partial charge in [0.05, 0.1) is 6.07 Å². The molecule has 0 aliphatic carbocycles. The first-order chi connectivity index (χ1) is 5.61. The highest BCUT2D eigenvalue weighted by Crippen LogP contribution is 2.18. The predicted molar refractivity (Wildman–Crippen MR) is 44.3 cm³/mol. The molecule has 0 saturated heterocycles. The first-order valence-corrected chi connectivity index (χ1v) is 3.91. The van der Waals surface area contributed by atoms with Gasteiger partial charge in [-0.3, -0.25) is 0 Å². The van der Waals surface area contributed by atoms with Crippen molar-refractivity contribution in [2.75, 3.05) is 0 Å². The third-order valence-electron chi connectivity index (χ3n) is 1.75. The van der Waals surface area contributed by atoms with Crippen LogP contribution in [-0.2, 0) is 12.0 Å². The maximum atomic E-state index is 8.85. The summed E-state index contributed by atoms with van der Waals surface area (Å²) in [5.41, 5.74) is -0.549. The molecule has 0 aromatic carbocycles. The van der Waals surface area contributed by atoms with Crippen LogP contribution in [0.5, 0.6) is 0 Å². The summed E-state index contributed by atoms with van der Waals surface area (Å²) in [5.74, 6) is 0.729. The Morgan fingerprint density at radius 2 is 2.33 bits per heavy atom. The monoisotopic (exact) mass is 164 g/mol. The average molecular weight is 164 g/mol. The highest BCUT2D eigenvalue weighted by atomic mass is 15.3. The summed E-state index contributed by atoms with van der Waals surface area (Å²) in [6.45, 7) is 6.40. The van der Waals surface area contributed by atoms with Crippen molar-refractivity contribution in [1.82, 2.24) is 14.8 Å². The quantitative estimate of drug-likeness (QED) is 0.657. The van der Waals surface area contributed by atoms with E-state index in [4.69, 9.17) is 5.26 Å². The molecule has 0 unspecified atom stereocenters. The lowest BCUT2D eigenvalue weighted by molar-refractivity contribution is 0.533. The molecule has 0 atom stereocenters. The Morgan fingerprint density at radius 3 is 2.83 bits per heavy atom. The summed E-state index contributed by atoms with van der Waals surface area (Å²) < 4.78 is 1.74. The lowest BCUT2D eigenvalue weighted by Gasteiger charge is -2.14. The molecule has 0 bridgehead atoms. The largest absolute Gasteiger partial charge is 0.249 e. The minimum absolute atomic E-state index is 0.549. The highest BCUT2D eigenvalue weighted by molar-refractivity contribution is 5.15. The van der Waals surface area contributed by atoms with E-state index in [1.807, 2.05) is 20.8 Å². The minimum atomic E-state index is -0.549. The van der Waals surface area contributed by atoms with Crippen molar-refractivity contribution in [2.24, 2.45) is 0 Å². The lowest BCUT2D eigenvalue weighted by atomic mass is 9.95. The van der Waals surface area contributed by atoms with Crippen LogP contribution in [-0.4, -0.2) is 14.8 Å². The number of nitriles is 1. The van der Waals surface area contributed by atoms with Gasteiger partial charge in [-0.25, -0.2) is 9.67 Å². The van der Waals surface area contributed by atoms with Crippen molar-refractivity contribution in [1.29, 1.82) is 5.26 Å². The van der Waals surface area contributed by atoms with E-state index in [0.29, 0.717) is 0 Å².